The Morgan fingerprint density at radius 3 is 2.75 bits per heavy atom. The zero-order valence-corrected chi connectivity index (χ0v) is 12.7. The molecule has 2 rings (SSSR count). The van der Waals surface area contributed by atoms with E-state index in [1.807, 2.05) is 33.8 Å². The summed E-state index contributed by atoms with van der Waals surface area (Å²) in [7, 11) is 0. The second kappa shape index (κ2) is 5.13. The first-order chi connectivity index (χ1) is 9.20. The van der Waals surface area contributed by atoms with Gasteiger partial charge in [-0.05, 0) is 46.6 Å². The van der Waals surface area contributed by atoms with Gasteiger partial charge in [-0.3, -0.25) is 0 Å². The van der Waals surface area contributed by atoms with Gasteiger partial charge in [0.05, 0.1) is 11.8 Å². The van der Waals surface area contributed by atoms with Gasteiger partial charge in [0.25, 0.3) is 0 Å². The van der Waals surface area contributed by atoms with Crippen LogP contribution in [0, 0.1) is 6.92 Å². The molecule has 0 saturated carbocycles. The van der Waals surface area contributed by atoms with E-state index < -0.39 is 11.1 Å². The van der Waals surface area contributed by atoms with Crippen molar-refractivity contribution in [2.75, 3.05) is 13.1 Å². The molecule has 0 bridgehead atoms. The minimum Gasteiger partial charge on any atom is -0.469 e. The molecule has 0 spiro atoms. The van der Waals surface area contributed by atoms with Crippen LogP contribution in [-0.2, 0) is 10.3 Å². The van der Waals surface area contributed by atoms with E-state index in [1.165, 1.54) is 0 Å². The number of nitrogens with two attached hydrogens (primary N) is 1. The van der Waals surface area contributed by atoms with E-state index in [-0.39, 0.29) is 6.09 Å². The third-order valence-electron chi connectivity index (χ3n) is 3.48. The molecule has 5 heteroatoms. The molecule has 2 heterocycles. The van der Waals surface area contributed by atoms with Crippen LogP contribution in [0.15, 0.2) is 16.7 Å². The first-order valence-electron chi connectivity index (χ1n) is 7.02. The minimum absolute atomic E-state index is 0.299. The molecule has 0 aromatic carbocycles. The Bertz CT molecular complexity index is 490. The molecule has 1 aromatic rings. The fourth-order valence-corrected chi connectivity index (χ4v) is 2.51. The average Bonchev–Trinajstić information content (AvgIpc) is 2.74. The molecule has 1 fully saturated rings. The summed E-state index contributed by atoms with van der Waals surface area (Å²) in [4.78, 5) is 13.9. The zero-order chi connectivity index (χ0) is 15.0. The number of amides is 1. The van der Waals surface area contributed by atoms with Crippen LogP contribution in [0.3, 0.4) is 0 Å². The predicted molar refractivity (Wildman–Crippen MR) is 76.4 cm³/mol. The van der Waals surface area contributed by atoms with Gasteiger partial charge in [0.15, 0.2) is 0 Å². The summed E-state index contributed by atoms with van der Waals surface area (Å²) >= 11 is 0. The third kappa shape index (κ3) is 3.33. The standard InChI is InChI=1S/C15H24N2O3/c1-11-8-12(9-19-11)15(16)6-5-7-17(10-15)13(18)20-14(2,3)4/h8-9H,5-7,10,16H2,1-4H3. The van der Waals surface area contributed by atoms with Crippen molar-refractivity contribution >= 4 is 6.09 Å². The number of hydrogen-bond donors (Lipinski definition) is 1. The van der Waals surface area contributed by atoms with Crippen molar-refractivity contribution in [3.63, 3.8) is 0 Å². The molecule has 1 atom stereocenters. The Balaban J connectivity index is 2.10. The maximum Gasteiger partial charge on any atom is 0.410 e. The van der Waals surface area contributed by atoms with Gasteiger partial charge in [0.2, 0.25) is 0 Å². The van der Waals surface area contributed by atoms with Crippen LogP contribution in [0.4, 0.5) is 4.79 Å². The van der Waals surface area contributed by atoms with Gasteiger partial charge in [-0.25, -0.2) is 4.79 Å². The number of furan rings is 1. The molecule has 1 saturated heterocycles. The highest BCUT2D eigenvalue weighted by molar-refractivity contribution is 5.68. The van der Waals surface area contributed by atoms with Crippen LogP contribution in [0.2, 0.25) is 0 Å². The van der Waals surface area contributed by atoms with Crippen LogP contribution in [0.5, 0.6) is 0 Å². The lowest BCUT2D eigenvalue weighted by Crippen LogP contribution is -2.54. The summed E-state index contributed by atoms with van der Waals surface area (Å²) in [6.45, 7) is 8.63. The molecule has 20 heavy (non-hydrogen) atoms. The molecule has 2 N–H and O–H groups in total. The molecule has 1 aliphatic heterocycles. The Hall–Kier alpha value is -1.49. The van der Waals surface area contributed by atoms with Crippen LogP contribution >= 0.6 is 0 Å². The summed E-state index contributed by atoms with van der Waals surface area (Å²) in [6, 6.07) is 1.94. The largest absolute Gasteiger partial charge is 0.469 e. The normalized spacial score (nSPS) is 23.8. The summed E-state index contributed by atoms with van der Waals surface area (Å²) in [6.07, 6.45) is 3.09. The number of rotatable bonds is 1. The summed E-state index contributed by atoms with van der Waals surface area (Å²) in [5, 5.41) is 0. The number of nitrogens with zero attached hydrogens (tertiary/aromatic N) is 1. The highest BCUT2D eigenvalue weighted by Gasteiger charge is 2.37. The highest BCUT2D eigenvalue weighted by atomic mass is 16.6. The lowest BCUT2D eigenvalue weighted by molar-refractivity contribution is 0.0137. The molecule has 1 unspecified atom stereocenters. The van der Waals surface area contributed by atoms with Crippen LogP contribution in [-0.4, -0.2) is 29.7 Å². The van der Waals surface area contributed by atoms with E-state index in [1.54, 1.807) is 11.2 Å². The molecule has 1 aliphatic rings. The van der Waals surface area contributed by atoms with Gasteiger partial charge >= 0.3 is 6.09 Å². The number of likely N-dealkylation sites (tertiary alicyclic amines) is 1. The van der Waals surface area contributed by atoms with E-state index in [0.717, 1.165) is 24.2 Å². The van der Waals surface area contributed by atoms with Crippen LogP contribution in [0.25, 0.3) is 0 Å². The second-order valence-corrected chi connectivity index (χ2v) is 6.61. The number of carbonyl (C=O) groups excluding carboxylic acids is 1. The molecule has 112 valence electrons. The van der Waals surface area contributed by atoms with Crippen molar-refractivity contribution in [3.05, 3.63) is 23.7 Å². The van der Waals surface area contributed by atoms with E-state index in [2.05, 4.69) is 0 Å². The lowest BCUT2D eigenvalue weighted by atomic mass is 9.85. The van der Waals surface area contributed by atoms with Gasteiger partial charge in [0.1, 0.15) is 11.4 Å². The van der Waals surface area contributed by atoms with Gasteiger partial charge in [-0.2, -0.15) is 0 Å². The van der Waals surface area contributed by atoms with E-state index in [4.69, 9.17) is 14.9 Å². The summed E-state index contributed by atoms with van der Waals surface area (Å²) in [5.74, 6) is 0.833. The Kier molecular flexibility index (Phi) is 3.82. The first-order valence-corrected chi connectivity index (χ1v) is 7.02. The molecule has 1 aromatic heterocycles. The average molecular weight is 280 g/mol. The Morgan fingerprint density at radius 1 is 1.50 bits per heavy atom. The number of hydrogen-bond acceptors (Lipinski definition) is 4. The number of ether oxygens (including phenoxy) is 1. The van der Waals surface area contributed by atoms with Crippen molar-refractivity contribution in [1.29, 1.82) is 0 Å². The third-order valence-corrected chi connectivity index (χ3v) is 3.48. The smallest absolute Gasteiger partial charge is 0.410 e. The van der Waals surface area contributed by atoms with Crippen LogP contribution < -0.4 is 5.73 Å². The minimum atomic E-state index is -0.549. The topological polar surface area (TPSA) is 68.7 Å². The highest BCUT2D eigenvalue weighted by Crippen LogP contribution is 2.31. The van der Waals surface area contributed by atoms with E-state index in [0.29, 0.717) is 13.1 Å². The molecule has 5 nitrogen and oxygen atoms in total. The maximum absolute atomic E-state index is 12.2. The van der Waals surface area contributed by atoms with E-state index >= 15 is 0 Å². The Labute approximate surface area is 120 Å². The van der Waals surface area contributed by atoms with Crippen molar-refractivity contribution in [1.82, 2.24) is 4.90 Å². The summed E-state index contributed by atoms with van der Waals surface area (Å²) in [5.41, 5.74) is 6.39. The first kappa shape index (κ1) is 14.9. The molecular weight excluding hydrogens is 256 g/mol. The van der Waals surface area contributed by atoms with Gasteiger partial charge in [0, 0.05) is 18.7 Å². The maximum atomic E-state index is 12.2. The van der Waals surface area contributed by atoms with Gasteiger partial charge in [-0.15, -0.1) is 0 Å². The number of carbonyl (C=O) groups is 1. The van der Waals surface area contributed by atoms with Crippen molar-refractivity contribution < 1.29 is 13.9 Å². The van der Waals surface area contributed by atoms with Crippen LogP contribution in [0.1, 0.15) is 44.9 Å². The molecule has 0 aliphatic carbocycles. The number of piperidine rings is 1. The SMILES string of the molecule is Cc1cc(C2(N)CCCN(C(=O)OC(C)(C)C)C2)co1. The number of aryl methyl sites for hydroxylation is 1. The monoisotopic (exact) mass is 280 g/mol. The zero-order valence-electron chi connectivity index (χ0n) is 12.7. The second-order valence-electron chi connectivity index (χ2n) is 6.61. The Morgan fingerprint density at radius 2 is 2.20 bits per heavy atom. The molecule has 0 radical (unpaired) electrons. The van der Waals surface area contributed by atoms with Crippen molar-refractivity contribution in [3.8, 4) is 0 Å². The molecule has 1 amide bonds. The van der Waals surface area contributed by atoms with Crippen molar-refractivity contribution in [2.45, 2.75) is 51.7 Å². The van der Waals surface area contributed by atoms with Crippen molar-refractivity contribution in [2.24, 2.45) is 5.73 Å². The summed E-state index contributed by atoms with van der Waals surface area (Å²) < 4.78 is 10.8. The quantitative estimate of drug-likeness (QED) is 0.858. The lowest BCUT2D eigenvalue weighted by Gasteiger charge is -2.40. The van der Waals surface area contributed by atoms with Gasteiger partial charge in [-0.1, -0.05) is 0 Å². The molecular formula is C15H24N2O3. The van der Waals surface area contributed by atoms with Gasteiger partial charge < -0.3 is 19.8 Å². The fourth-order valence-electron chi connectivity index (χ4n) is 2.51. The fraction of sp³-hybridized carbons (Fsp3) is 0.667. The van der Waals surface area contributed by atoms with E-state index in [9.17, 15) is 4.79 Å². The predicted octanol–water partition coefficient (Wildman–Crippen LogP) is 2.77.